The van der Waals surface area contributed by atoms with Gasteiger partial charge in [-0.25, -0.2) is 9.89 Å². The molecule has 1 aromatic carbocycles. The second kappa shape index (κ2) is 4.49. The molecule has 1 atom stereocenters. The SMILES string of the molecule is CCC(c1ccccc1)n1c(=O)[nH][nH]c1=S. The summed E-state index contributed by atoms with van der Waals surface area (Å²) >= 11 is 5.09. The number of nitrogens with one attached hydrogen (secondary N) is 2. The van der Waals surface area contributed by atoms with Crippen molar-refractivity contribution in [1.29, 1.82) is 0 Å². The first-order chi connectivity index (χ1) is 7.74. The van der Waals surface area contributed by atoms with E-state index in [9.17, 15) is 4.79 Å². The number of rotatable bonds is 3. The Morgan fingerprint density at radius 3 is 2.50 bits per heavy atom. The summed E-state index contributed by atoms with van der Waals surface area (Å²) in [7, 11) is 0. The van der Waals surface area contributed by atoms with Crippen LogP contribution in [-0.2, 0) is 0 Å². The number of hydrogen-bond acceptors (Lipinski definition) is 2. The molecule has 0 fully saturated rings. The summed E-state index contributed by atoms with van der Waals surface area (Å²) in [6, 6.07) is 9.87. The summed E-state index contributed by atoms with van der Waals surface area (Å²) in [5, 5.41) is 5.16. The van der Waals surface area contributed by atoms with Gasteiger partial charge in [0, 0.05) is 0 Å². The zero-order valence-electron chi connectivity index (χ0n) is 8.93. The zero-order valence-corrected chi connectivity index (χ0v) is 9.75. The molecule has 5 heteroatoms. The van der Waals surface area contributed by atoms with Crippen molar-refractivity contribution >= 4 is 12.2 Å². The first-order valence-corrected chi connectivity index (χ1v) is 5.59. The first kappa shape index (κ1) is 10.9. The van der Waals surface area contributed by atoms with Crippen molar-refractivity contribution in [3.8, 4) is 0 Å². The van der Waals surface area contributed by atoms with Crippen LogP contribution in [0.3, 0.4) is 0 Å². The van der Waals surface area contributed by atoms with Gasteiger partial charge >= 0.3 is 5.69 Å². The molecular weight excluding hydrogens is 222 g/mol. The molecule has 0 aliphatic heterocycles. The molecule has 0 amide bonds. The lowest BCUT2D eigenvalue weighted by Crippen LogP contribution is -2.22. The maximum absolute atomic E-state index is 11.6. The van der Waals surface area contributed by atoms with Crippen LogP contribution >= 0.6 is 12.2 Å². The maximum Gasteiger partial charge on any atom is 0.342 e. The predicted molar refractivity (Wildman–Crippen MR) is 65.1 cm³/mol. The third-order valence-electron chi connectivity index (χ3n) is 2.60. The van der Waals surface area contributed by atoms with Gasteiger partial charge in [-0.2, -0.15) is 0 Å². The Morgan fingerprint density at radius 2 is 2.00 bits per heavy atom. The summed E-state index contributed by atoms with van der Waals surface area (Å²) < 4.78 is 2.01. The Balaban J connectivity index is 2.53. The molecule has 2 aromatic rings. The third-order valence-corrected chi connectivity index (χ3v) is 2.90. The largest absolute Gasteiger partial charge is 0.342 e. The van der Waals surface area contributed by atoms with Gasteiger partial charge in [0.1, 0.15) is 0 Å². The van der Waals surface area contributed by atoms with Gasteiger partial charge < -0.3 is 0 Å². The van der Waals surface area contributed by atoms with Crippen LogP contribution in [0.25, 0.3) is 0 Å². The Hall–Kier alpha value is -1.62. The molecule has 1 unspecified atom stereocenters. The van der Waals surface area contributed by atoms with Crippen LogP contribution < -0.4 is 5.69 Å². The summed E-state index contributed by atoms with van der Waals surface area (Å²) in [5.41, 5.74) is 0.895. The van der Waals surface area contributed by atoms with Crippen LogP contribution in [0.15, 0.2) is 35.1 Å². The van der Waals surface area contributed by atoms with Crippen LogP contribution in [0.4, 0.5) is 0 Å². The van der Waals surface area contributed by atoms with Crippen LogP contribution in [-0.4, -0.2) is 14.8 Å². The van der Waals surface area contributed by atoms with Crippen molar-refractivity contribution in [1.82, 2.24) is 14.8 Å². The monoisotopic (exact) mass is 235 g/mol. The molecule has 0 saturated carbocycles. The molecular formula is C11H13N3OS. The van der Waals surface area contributed by atoms with Crippen molar-refractivity contribution < 1.29 is 0 Å². The highest BCUT2D eigenvalue weighted by Gasteiger charge is 2.14. The van der Waals surface area contributed by atoms with Gasteiger partial charge in [-0.1, -0.05) is 37.3 Å². The lowest BCUT2D eigenvalue weighted by molar-refractivity contribution is 0.544. The van der Waals surface area contributed by atoms with Crippen LogP contribution in [0.5, 0.6) is 0 Å². The standard InChI is InChI=1S/C11H13N3OS/c1-2-9(8-6-4-3-5-7-8)14-10(15)12-13-11(14)16/h3-7,9H,2H2,1H3,(H,12,15)(H,13,16). The van der Waals surface area contributed by atoms with Crippen molar-refractivity contribution in [2.24, 2.45) is 0 Å². The van der Waals surface area contributed by atoms with Crippen molar-refractivity contribution in [2.45, 2.75) is 19.4 Å². The fourth-order valence-corrected chi connectivity index (χ4v) is 2.11. The van der Waals surface area contributed by atoms with E-state index in [1.54, 1.807) is 4.57 Å². The topological polar surface area (TPSA) is 53.6 Å². The van der Waals surface area contributed by atoms with Crippen molar-refractivity contribution in [3.63, 3.8) is 0 Å². The molecule has 2 N–H and O–H groups in total. The van der Waals surface area contributed by atoms with Gasteiger partial charge in [-0.3, -0.25) is 9.67 Å². The highest BCUT2D eigenvalue weighted by atomic mass is 32.1. The lowest BCUT2D eigenvalue weighted by atomic mass is 10.0. The molecule has 2 rings (SSSR count). The minimum Gasteiger partial charge on any atom is -0.272 e. The fraction of sp³-hybridized carbons (Fsp3) is 0.273. The van der Waals surface area contributed by atoms with Gasteiger partial charge in [0.25, 0.3) is 0 Å². The molecule has 0 aliphatic rings. The molecule has 84 valence electrons. The number of nitrogens with zero attached hydrogens (tertiary/aromatic N) is 1. The highest BCUT2D eigenvalue weighted by Crippen LogP contribution is 2.19. The van der Waals surface area contributed by atoms with Gasteiger partial charge in [-0.15, -0.1) is 0 Å². The second-order valence-electron chi connectivity index (χ2n) is 3.57. The number of H-pyrrole nitrogens is 2. The third kappa shape index (κ3) is 1.86. The number of benzene rings is 1. The zero-order chi connectivity index (χ0) is 11.5. The Morgan fingerprint density at radius 1 is 1.31 bits per heavy atom. The van der Waals surface area contributed by atoms with Crippen LogP contribution in [0.1, 0.15) is 24.9 Å². The predicted octanol–water partition coefficient (Wildman–Crippen LogP) is 2.23. The van der Waals surface area contributed by atoms with Gasteiger partial charge in [0.2, 0.25) is 0 Å². The minimum atomic E-state index is -0.194. The molecule has 1 aromatic heterocycles. The summed E-state index contributed by atoms with van der Waals surface area (Å²) in [4.78, 5) is 11.6. The molecule has 1 heterocycles. The minimum absolute atomic E-state index is 0.0105. The lowest BCUT2D eigenvalue weighted by Gasteiger charge is -2.15. The van der Waals surface area contributed by atoms with E-state index < -0.39 is 0 Å². The van der Waals surface area contributed by atoms with Gasteiger partial charge in [0.05, 0.1) is 6.04 Å². The molecule has 0 saturated heterocycles. The molecule has 0 spiro atoms. The first-order valence-electron chi connectivity index (χ1n) is 5.18. The fourth-order valence-electron chi connectivity index (χ4n) is 1.85. The van der Waals surface area contributed by atoms with Crippen LogP contribution in [0.2, 0.25) is 0 Å². The number of aromatic amines is 2. The summed E-state index contributed by atoms with van der Waals surface area (Å²) in [5.74, 6) is 0. The van der Waals surface area contributed by atoms with Crippen LogP contribution in [0, 0.1) is 4.77 Å². The van der Waals surface area contributed by atoms with Gasteiger partial charge in [0.15, 0.2) is 4.77 Å². The van der Waals surface area contributed by atoms with E-state index in [-0.39, 0.29) is 11.7 Å². The van der Waals surface area contributed by atoms with E-state index in [1.165, 1.54) is 0 Å². The van der Waals surface area contributed by atoms with E-state index in [0.717, 1.165) is 12.0 Å². The molecule has 0 radical (unpaired) electrons. The smallest absolute Gasteiger partial charge is 0.272 e. The van der Waals surface area contributed by atoms with E-state index in [4.69, 9.17) is 12.2 Å². The van der Waals surface area contributed by atoms with E-state index >= 15 is 0 Å². The van der Waals surface area contributed by atoms with Crippen molar-refractivity contribution in [3.05, 3.63) is 51.2 Å². The summed E-state index contributed by atoms with van der Waals surface area (Å²) in [6.45, 7) is 2.03. The molecule has 4 nitrogen and oxygen atoms in total. The number of aromatic nitrogens is 3. The quantitative estimate of drug-likeness (QED) is 0.802. The van der Waals surface area contributed by atoms with Gasteiger partial charge in [-0.05, 0) is 24.2 Å². The molecule has 0 bridgehead atoms. The summed E-state index contributed by atoms with van der Waals surface area (Å²) in [6.07, 6.45) is 0.819. The normalized spacial score (nSPS) is 12.6. The van der Waals surface area contributed by atoms with E-state index in [2.05, 4.69) is 10.2 Å². The Kier molecular flexibility index (Phi) is 3.05. The maximum atomic E-state index is 11.6. The Bertz CT molecular complexity index is 539. The molecule has 16 heavy (non-hydrogen) atoms. The second-order valence-corrected chi connectivity index (χ2v) is 3.95. The average Bonchev–Trinajstić information content (AvgIpc) is 2.63. The van der Waals surface area contributed by atoms with Crippen molar-refractivity contribution in [2.75, 3.05) is 0 Å². The number of hydrogen-bond donors (Lipinski definition) is 2. The average molecular weight is 235 g/mol. The van der Waals surface area contributed by atoms with E-state index in [0.29, 0.717) is 4.77 Å². The Labute approximate surface area is 97.9 Å². The highest BCUT2D eigenvalue weighted by molar-refractivity contribution is 7.71. The molecule has 0 aliphatic carbocycles. The van der Waals surface area contributed by atoms with E-state index in [1.807, 2.05) is 37.3 Å².